The van der Waals surface area contributed by atoms with Gasteiger partial charge >= 0.3 is 0 Å². The van der Waals surface area contributed by atoms with Crippen molar-refractivity contribution in [2.24, 2.45) is 0 Å². The summed E-state index contributed by atoms with van der Waals surface area (Å²) in [6, 6.07) is 5.84. The van der Waals surface area contributed by atoms with Crippen LogP contribution >= 0.6 is 0 Å². The zero-order chi connectivity index (χ0) is 11.3. The van der Waals surface area contributed by atoms with Gasteiger partial charge in [0, 0.05) is 46.0 Å². The zero-order valence-corrected chi connectivity index (χ0v) is 10.2. The Morgan fingerprint density at radius 3 is 2.60 bits per heavy atom. The predicted molar refractivity (Wildman–Crippen MR) is 62.4 cm³/mol. The monoisotopic (exact) mass is 227 g/mol. The van der Waals surface area contributed by atoms with Crippen LogP contribution in [0.3, 0.4) is 0 Å². The molecule has 0 fully saturated rings. The van der Waals surface area contributed by atoms with E-state index in [2.05, 4.69) is 4.98 Å². The Hall–Kier alpha value is -0.780. The summed E-state index contributed by atoms with van der Waals surface area (Å²) in [5, 5.41) is 0. The van der Waals surface area contributed by atoms with E-state index in [1.54, 1.807) is 28.9 Å². The summed E-state index contributed by atoms with van der Waals surface area (Å²) < 4.78 is 15.1. The van der Waals surface area contributed by atoms with Crippen molar-refractivity contribution in [1.82, 2.24) is 13.6 Å². The molecule has 15 heavy (non-hydrogen) atoms. The number of likely N-dealkylation sites (N-methyl/N-ethyl adjacent to an activating group) is 1. The van der Waals surface area contributed by atoms with E-state index in [-0.39, 0.29) is 0 Å². The van der Waals surface area contributed by atoms with E-state index < -0.39 is 11.2 Å². The van der Waals surface area contributed by atoms with E-state index in [9.17, 15) is 4.21 Å². The molecular weight excluding hydrogens is 210 g/mol. The third-order valence-corrected chi connectivity index (χ3v) is 3.33. The van der Waals surface area contributed by atoms with Gasteiger partial charge in [0.15, 0.2) is 11.2 Å². The molecule has 0 spiro atoms. The molecule has 1 aromatic rings. The molecule has 84 valence electrons. The second-order valence-corrected chi connectivity index (χ2v) is 5.28. The topological polar surface area (TPSA) is 36.4 Å². The van der Waals surface area contributed by atoms with Gasteiger partial charge in [0.25, 0.3) is 0 Å². The lowest BCUT2D eigenvalue weighted by Crippen LogP contribution is -2.32. The molecule has 1 aromatic heterocycles. The van der Waals surface area contributed by atoms with Crippen molar-refractivity contribution in [2.75, 3.05) is 27.7 Å². The maximum atomic E-state index is 11.6. The van der Waals surface area contributed by atoms with Crippen LogP contribution < -0.4 is 0 Å². The molecule has 1 rings (SSSR count). The fraction of sp³-hybridized carbons (Fsp3) is 0.500. The summed E-state index contributed by atoms with van der Waals surface area (Å²) in [4.78, 5) is 4.22. The molecule has 0 bridgehead atoms. The van der Waals surface area contributed by atoms with Gasteiger partial charge in [-0.05, 0) is 12.1 Å². The molecule has 0 aliphatic heterocycles. The standard InChI is InChI=1S/C10H17N3OS/c1-12(2)15(14)13(3)9-7-10-6-4-5-8-11-10/h4-6,8H,7,9H2,1-3H3. The Morgan fingerprint density at radius 1 is 1.33 bits per heavy atom. The van der Waals surface area contributed by atoms with E-state index in [4.69, 9.17) is 0 Å². The van der Waals surface area contributed by atoms with Crippen molar-refractivity contribution in [3.63, 3.8) is 0 Å². The quantitative estimate of drug-likeness (QED) is 0.742. The van der Waals surface area contributed by atoms with Crippen molar-refractivity contribution < 1.29 is 4.21 Å². The molecule has 0 N–H and O–H groups in total. The summed E-state index contributed by atoms with van der Waals surface area (Å²) in [6.07, 6.45) is 2.59. The molecular formula is C10H17N3OS. The molecule has 0 aliphatic carbocycles. The van der Waals surface area contributed by atoms with Crippen molar-refractivity contribution >= 4 is 11.2 Å². The lowest BCUT2D eigenvalue weighted by molar-refractivity contribution is 0.477. The highest BCUT2D eigenvalue weighted by Crippen LogP contribution is 1.99. The first kappa shape index (κ1) is 12.3. The molecule has 0 aliphatic rings. The average molecular weight is 227 g/mol. The van der Waals surface area contributed by atoms with Gasteiger partial charge in [0.2, 0.25) is 0 Å². The van der Waals surface area contributed by atoms with Crippen molar-refractivity contribution in [1.29, 1.82) is 0 Å². The van der Waals surface area contributed by atoms with Gasteiger partial charge in [-0.2, -0.15) is 0 Å². The number of aromatic nitrogens is 1. The van der Waals surface area contributed by atoms with Crippen LogP contribution in [-0.4, -0.2) is 45.5 Å². The molecule has 5 heteroatoms. The second-order valence-electron chi connectivity index (χ2n) is 3.47. The lowest BCUT2D eigenvalue weighted by Gasteiger charge is -2.19. The third kappa shape index (κ3) is 4.07. The number of hydrogen-bond donors (Lipinski definition) is 0. The maximum absolute atomic E-state index is 11.6. The molecule has 0 saturated heterocycles. The van der Waals surface area contributed by atoms with E-state index in [0.717, 1.165) is 18.7 Å². The van der Waals surface area contributed by atoms with Gasteiger partial charge in [-0.3, -0.25) is 4.98 Å². The highest BCUT2D eigenvalue weighted by atomic mass is 32.2. The fourth-order valence-corrected chi connectivity index (χ4v) is 1.98. The first-order chi connectivity index (χ1) is 7.11. The Balaban J connectivity index is 2.41. The van der Waals surface area contributed by atoms with Gasteiger partial charge in [0.05, 0.1) is 0 Å². The lowest BCUT2D eigenvalue weighted by atomic mass is 10.3. The average Bonchev–Trinajstić information content (AvgIpc) is 2.26. The van der Waals surface area contributed by atoms with Gasteiger partial charge in [-0.15, -0.1) is 0 Å². The molecule has 0 saturated carbocycles. The van der Waals surface area contributed by atoms with Crippen LogP contribution in [0.1, 0.15) is 5.69 Å². The predicted octanol–water partition coefficient (Wildman–Crippen LogP) is 0.696. The van der Waals surface area contributed by atoms with E-state index in [1.165, 1.54) is 0 Å². The van der Waals surface area contributed by atoms with Crippen LogP contribution in [0.2, 0.25) is 0 Å². The maximum Gasteiger partial charge on any atom is 0.171 e. The van der Waals surface area contributed by atoms with Gasteiger partial charge < -0.3 is 0 Å². The molecule has 1 unspecified atom stereocenters. The fourth-order valence-electron chi connectivity index (χ4n) is 1.17. The Labute approximate surface area is 93.6 Å². The van der Waals surface area contributed by atoms with E-state index in [1.807, 2.05) is 25.2 Å². The highest BCUT2D eigenvalue weighted by molar-refractivity contribution is 7.80. The van der Waals surface area contributed by atoms with E-state index in [0.29, 0.717) is 0 Å². The van der Waals surface area contributed by atoms with Crippen LogP contribution in [0.4, 0.5) is 0 Å². The molecule has 0 amide bonds. The Bertz CT molecular complexity index is 316. The first-order valence-electron chi connectivity index (χ1n) is 4.81. The Morgan fingerprint density at radius 2 is 2.07 bits per heavy atom. The number of nitrogens with zero attached hydrogens (tertiary/aromatic N) is 3. The third-order valence-electron chi connectivity index (χ3n) is 1.99. The minimum Gasteiger partial charge on any atom is -0.261 e. The van der Waals surface area contributed by atoms with Crippen molar-refractivity contribution in [3.8, 4) is 0 Å². The van der Waals surface area contributed by atoms with Crippen molar-refractivity contribution in [3.05, 3.63) is 30.1 Å². The van der Waals surface area contributed by atoms with Crippen LogP contribution in [0.5, 0.6) is 0 Å². The molecule has 4 nitrogen and oxygen atoms in total. The van der Waals surface area contributed by atoms with Crippen LogP contribution in [0, 0.1) is 0 Å². The van der Waals surface area contributed by atoms with Crippen LogP contribution in [-0.2, 0) is 17.6 Å². The number of rotatable bonds is 5. The van der Waals surface area contributed by atoms with E-state index >= 15 is 0 Å². The summed E-state index contributed by atoms with van der Waals surface area (Å²) in [6.45, 7) is 0.738. The molecule has 0 radical (unpaired) electrons. The second kappa shape index (κ2) is 5.95. The van der Waals surface area contributed by atoms with Crippen LogP contribution in [0.25, 0.3) is 0 Å². The zero-order valence-electron chi connectivity index (χ0n) is 9.38. The van der Waals surface area contributed by atoms with Crippen LogP contribution in [0.15, 0.2) is 24.4 Å². The smallest absolute Gasteiger partial charge is 0.171 e. The Kier molecular flexibility index (Phi) is 4.87. The van der Waals surface area contributed by atoms with Gasteiger partial charge in [-0.25, -0.2) is 12.8 Å². The minimum absolute atomic E-state index is 0.738. The number of hydrogen-bond acceptors (Lipinski definition) is 2. The van der Waals surface area contributed by atoms with Crippen molar-refractivity contribution in [2.45, 2.75) is 6.42 Å². The normalized spacial score (nSPS) is 13.4. The highest BCUT2D eigenvalue weighted by Gasteiger charge is 2.09. The largest absolute Gasteiger partial charge is 0.261 e. The summed E-state index contributed by atoms with van der Waals surface area (Å²) >= 11 is -1.05. The van der Waals surface area contributed by atoms with Gasteiger partial charge in [-0.1, -0.05) is 6.07 Å². The SMILES string of the molecule is CN(C)S(=O)N(C)CCc1ccccn1. The summed E-state index contributed by atoms with van der Waals surface area (Å²) in [5.74, 6) is 0. The summed E-state index contributed by atoms with van der Waals surface area (Å²) in [5.41, 5.74) is 1.03. The number of pyridine rings is 1. The van der Waals surface area contributed by atoms with Gasteiger partial charge in [0.1, 0.15) is 0 Å². The molecule has 0 aromatic carbocycles. The summed E-state index contributed by atoms with van der Waals surface area (Å²) in [7, 11) is 5.44. The minimum atomic E-state index is -1.05. The first-order valence-corrected chi connectivity index (χ1v) is 5.88. The molecule has 1 atom stereocenters. The molecule has 1 heterocycles.